The van der Waals surface area contributed by atoms with E-state index >= 15 is 0 Å². The lowest BCUT2D eigenvalue weighted by molar-refractivity contribution is -0.137. The molecule has 1 saturated heterocycles. The topological polar surface area (TPSA) is 19.0 Å². The summed E-state index contributed by atoms with van der Waals surface area (Å²) in [7, 11) is 0. The lowest BCUT2D eigenvalue weighted by Crippen LogP contribution is -2.44. The lowest BCUT2D eigenvalue weighted by atomic mass is 9.68. The minimum Gasteiger partial charge on any atom is -0.358 e. The summed E-state index contributed by atoms with van der Waals surface area (Å²) in [4.78, 5) is 5.94. The van der Waals surface area contributed by atoms with Crippen LogP contribution < -0.4 is 0 Å². The molecule has 29 heavy (non-hydrogen) atoms. The number of halogens is 3. The fourth-order valence-corrected chi connectivity index (χ4v) is 5.51. The summed E-state index contributed by atoms with van der Waals surface area (Å²) in [6.07, 6.45) is -2.22. The highest BCUT2D eigenvalue weighted by Crippen LogP contribution is 2.47. The minimum absolute atomic E-state index is 0.250. The number of H-pyrrole nitrogens is 1. The van der Waals surface area contributed by atoms with Crippen molar-refractivity contribution in [2.24, 2.45) is 11.8 Å². The number of likely N-dealkylation sites (tertiary alicyclic amines) is 1. The first-order valence-electron chi connectivity index (χ1n) is 10.4. The molecule has 5 rings (SSSR count). The van der Waals surface area contributed by atoms with Crippen molar-refractivity contribution in [1.82, 2.24) is 9.88 Å². The largest absolute Gasteiger partial charge is 0.416 e. The number of aromatic nitrogens is 1. The van der Waals surface area contributed by atoms with Gasteiger partial charge >= 0.3 is 6.18 Å². The Morgan fingerprint density at radius 2 is 1.90 bits per heavy atom. The van der Waals surface area contributed by atoms with Gasteiger partial charge in [0.25, 0.3) is 0 Å². The first-order chi connectivity index (χ1) is 13.9. The summed E-state index contributed by atoms with van der Waals surface area (Å²) >= 11 is 0. The molecule has 2 aromatic carbocycles. The van der Waals surface area contributed by atoms with E-state index in [1.54, 1.807) is 6.07 Å². The maximum absolute atomic E-state index is 13.3. The Morgan fingerprint density at radius 3 is 2.66 bits per heavy atom. The molecular weight excluding hydrogens is 373 g/mol. The minimum atomic E-state index is -4.31. The number of hydrogen-bond donors (Lipinski definition) is 1. The van der Waals surface area contributed by atoms with Crippen LogP contribution in [-0.4, -0.2) is 23.0 Å². The van der Waals surface area contributed by atoms with E-state index in [-0.39, 0.29) is 5.92 Å². The van der Waals surface area contributed by atoms with Gasteiger partial charge in [0.05, 0.1) is 5.56 Å². The van der Waals surface area contributed by atoms with Crippen LogP contribution in [0, 0.1) is 11.8 Å². The molecule has 3 atom stereocenters. The molecular formula is C24H25F3N2. The molecule has 2 aliphatic rings. The molecule has 1 aliphatic carbocycles. The average molecular weight is 398 g/mol. The zero-order chi connectivity index (χ0) is 20.2. The van der Waals surface area contributed by atoms with E-state index in [1.807, 2.05) is 6.07 Å². The van der Waals surface area contributed by atoms with Gasteiger partial charge in [-0.25, -0.2) is 0 Å². The van der Waals surface area contributed by atoms with Crippen LogP contribution in [0.3, 0.4) is 0 Å². The van der Waals surface area contributed by atoms with Gasteiger partial charge in [-0.3, -0.25) is 4.90 Å². The van der Waals surface area contributed by atoms with Gasteiger partial charge in [-0.2, -0.15) is 13.2 Å². The van der Waals surface area contributed by atoms with E-state index < -0.39 is 11.7 Å². The summed E-state index contributed by atoms with van der Waals surface area (Å²) in [6.45, 7) is 5.23. The van der Waals surface area contributed by atoms with Crippen molar-refractivity contribution < 1.29 is 13.2 Å². The Balaban J connectivity index is 1.45. The summed E-state index contributed by atoms with van der Waals surface area (Å²) in [6, 6.07) is 14.6. The van der Waals surface area contributed by atoms with Gasteiger partial charge < -0.3 is 4.98 Å². The van der Waals surface area contributed by atoms with Gasteiger partial charge in [0.1, 0.15) is 0 Å². The molecule has 0 amide bonds. The molecule has 0 unspecified atom stereocenters. The number of aromatic amines is 1. The van der Waals surface area contributed by atoms with Crippen molar-refractivity contribution in [1.29, 1.82) is 0 Å². The monoisotopic (exact) mass is 398 g/mol. The van der Waals surface area contributed by atoms with Crippen LogP contribution in [0.1, 0.15) is 41.6 Å². The second-order valence-corrected chi connectivity index (χ2v) is 8.70. The first-order valence-corrected chi connectivity index (χ1v) is 10.4. The van der Waals surface area contributed by atoms with Crippen LogP contribution in [0.2, 0.25) is 0 Å². The Hall–Kier alpha value is -2.27. The molecule has 1 N–H and O–H groups in total. The van der Waals surface area contributed by atoms with Crippen molar-refractivity contribution in [3.63, 3.8) is 0 Å². The molecule has 0 spiro atoms. The number of hydrogen-bond acceptors (Lipinski definition) is 1. The van der Waals surface area contributed by atoms with E-state index in [0.717, 1.165) is 54.6 Å². The second kappa shape index (κ2) is 6.91. The number of fused-ring (bicyclic) bond motifs is 4. The summed E-state index contributed by atoms with van der Waals surface area (Å²) in [5.74, 6) is 1.33. The zero-order valence-corrected chi connectivity index (χ0v) is 16.5. The standard InChI is InChI=1S/C24H25F3N2/c1-15-20-14-29(13-16-5-3-2-4-6-16)10-9-17(20)11-22-23(15)19-12-18(24(25,26)27)7-8-21(19)28-22/h2-8,12,15,17,20,28H,9-11,13-14H2,1H3/t15-,17-,20-/m0/s1. The Kier molecular flexibility index (Phi) is 4.46. The van der Waals surface area contributed by atoms with Gasteiger partial charge in [0.15, 0.2) is 0 Å². The zero-order valence-electron chi connectivity index (χ0n) is 16.5. The van der Waals surface area contributed by atoms with Crippen LogP contribution in [0.4, 0.5) is 13.2 Å². The number of nitrogens with zero attached hydrogens (tertiary/aromatic N) is 1. The molecule has 0 radical (unpaired) electrons. The molecule has 1 fully saturated rings. The average Bonchev–Trinajstić information content (AvgIpc) is 3.06. The van der Waals surface area contributed by atoms with Crippen molar-refractivity contribution in [2.75, 3.05) is 13.1 Å². The number of rotatable bonds is 2. The van der Waals surface area contributed by atoms with Crippen LogP contribution in [0.15, 0.2) is 48.5 Å². The highest BCUT2D eigenvalue weighted by molar-refractivity contribution is 5.86. The molecule has 1 aromatic heterocycles. The maximum Gasteiger partial charge on any atom is 0.416 e. The lowest BCUT2D eigenvalue weighted by Gasteiger charge is -2.44. The normalized spacial score (nSPS) is 25.0. The van der Waals surface area contributed by atoms with Gasteiger partial charge in [-0.05, 0) is 66.5 Å². The molecule has 1 aliphatic heterocycles. The highest BCUT2D eigenvalue weighted by Gasteiger charge is 2.40. The van der Waals surface area contributed by atoms with Crippen LogP contribution in [-0.2, 0) is 19.1 Å². The third-order valence-electron chi connectivity index (χ3n) is 6.95. The SMILES string of the molecule is C[C@@H]1c2c([nH]c3ccc(C(F)(F)F)cc23)C[C@@H]2CCN(Cc3ccccc3)C[C@H]21. The van der Waals surface area contributed by atoms with Gasteiger partial charge in [0, 0.05) is 29.7 Å². The molecule has 2 nitrogen and oxygen atoms in total. The first kappa shape index (κ1) is 18.7. The molecule has 0 saturated carbocycles. The molecule has 3 aromatic rings. The summed E-state index contributed by atoms with van der Waals surface area (Å²) in [5, 5.41) is 0.751. The maximum atomic E-state index is 13.3. The van der Waals surface area contributed by atoms with Gasteiger partial charge in [-0.15, -0.1) is 0 Å². The van der Waals surface area contributed by atoms with Gasteiger partial charge in [0.2, 0.25) is 0 Å². The number of nitrogens with one attached hydrogen (secondary N) is 1. The van der Waals surface area contributed by atoms with E-state index in [0.29, 0.717) is 11.8 Å². The van der Waals surface area contributed by atoms with Crippen LogP contribution in [0.25, 0.3) is 10.9 Å². The van der Waals surface area contributed by atoms with Crippen molar-refractivity contribution in [3.8, 4) is 0 Å². The number of piperidine rings is 1. The van der Waals surface area contributed by atoms with Gasteiger partial charge in [-0.1, -0.05) is 37.3 Å². The predicted molar refractivity (Wildman–Crippen MR) is 109 cm³/mol. The fraction of sp³-hybridized carbons (Fsp3) is 0.417. The smallest absolute Gasteiger partial charge is 0.358 e. The van der Waals surface area contributed by atoms with Crippen molar-refractivity contribution in [2.45, 2.75) is 38.4 Å². The summed E-state index contributed by atoms with van der Waals surface area (Å²) < 4.78 is 39.8. The number of alkyl halides is 3. The van der Waals surface area contributed by atoms with E-state index in [4.69, 9.17) is 0 Å². The Morgan fingerprint density at radius 1 is 1.10 bits per heavy atom. The second-order valence-electron chi connectivity index (χ2n) is 8.70. The third kappa shape index (κ3) is 3.35. The molecule has 2 heterocycles. The fourth-order valence-electron chi connectivity index (χ4n) is 5.51. The van der Waals surface area contributed by atoms with Crippen molar-refractivity contribution in [3.05, 3.63) is 70.9 Å². The van der Waals surface area contributed by atoms with Crippen LogP contribution >= 0.6 is 0 Å². The quantitative estimate of drug-likeness (QED) is 0.562. The van der Waals surface area contributed by atoms with E-state index in [2.05, 4.69) is 41.1 Å². The molecule has 5 heteroatoms. The van der Waals surface area contributed by atoms with E-state index in [1.165, 1.54) is 17.7 Å². The number of benzene rings is 2. The van der Waals surface area contributed by atoms with Crippen molar-refractivity contribution >= 4 is 10.9 Å². The van der Waals surface area contributed by atoms with Crippen LogP contribution in [0.5, 0.6) is 0 Å². The Labute approximate surface area is 168 Å². The molecule has 0 bridgehead atoms. The third-order valence-corrected chi connectivity index (χ3v) is 6.95. The predicted octanol–water partition coefficient (Wildman–Crippen LogP) is 5.98. The Bertz CT molecular complexity index is 1020. The molecule has 152 valence electrons. The summed E-state index contributed by atoms with van der Waals surface area (Å²) in [5.41, 5.74) is 3.83. The van der Waals surface area contributed by atoms with E-state index in [9.17, 15) is 13.2 Å². The highest BCUT2D eigenvalue weighted by atomic mass is 19.4.